The fraction of sp³-hybridized carbons (Fsp3) is 0.189. The van der Waals surface area contributed by atoms with Crippen molar-refractivity contribution in [1.82, 2.24) is 0 Å². The normalized spacial score (nSPS) is 12.6. The monoisotopic (exact) mass is 556 g/mol. The molecule has 210 valence electrons. The maximum absolute atomic E-state index is 13.3. The lowest BCUT2D eigenvalue weighted by molar-refractivity contribution is -0.274. The van der Waals surface area contributed by atoms with Gasteiger partial charge in [0.25, 0.3) is 0 Å². The molecule has 0 spiro atoms. The number of hydrogen-bond donors (Lipinski definition) is 1. The summed E-state index contributed by atoms with van der Waals surface area (Å²) in [6.07, 6.45) is 1.09. The highest BCUT2D eigenvalue weighted by Crippen LogP contribution is 2.47. The van der Waals surface area contributed by atoms with Gasteiger partial charge < -0.3 is 14.6 Å². The maximum Gasteiger partial charge on any atom is 0.368 e. The molecule has 5 nitrogen and oxygen atoms in total. The minimum absolute atomic E-state index is 0.0155. The van der Waals surface area contributed by atoms with E-state index in [4.69, 9.17) is 9.47 Å². The van der Waals surface area contributed by atoms with Crippen LogP contribution >= 0.6 is 0 Å². The van der Waals surface area contributed by atoms with E-state index in [0.29, 0.717) is 35.1 Å². The Labute approximate surface area is 245 Å². The summed E-state index contributed by atoms with van der Waals surface area (Å²) in [4.78, 5) is 26.6. The zero-order chi connectivity index (χ0) is 29.8. The molecule has 0 heterocycles. The van der Waals surface area contributed by atoms with E-state index in [9.17, 15) is 14.7 Å². The zero-order valence-corrected chi connectivity index (χ0v) is 24.0. The van der Waals surface area contributed by atoms with Crippen molar-refractivity contribution in [2.75, 3.05) is 0 Å². The third-order valence-corrected chi connectivity index (χ3v) is 8.10. The number of hydrogen-bond acceptors (Lipinski definition) is 5. The van der Waals surface area contributed by atoms with E-state index >= 15 is 0 Å². The van der Waals surface area contributed by atoms with Crippen LogP contribution in [0.4, 0.5) is 0 Å². The van der Waals surface area contributed by atoms with Crippen LogP contribution in [0.25, 0.3) is 22.3 Å². The Bertz CT molecular complexity index is 1700. The van der Waals surface area contributed by atoms with Crippen LogP contribution in [-0.4, -0.2) is 22.6 Å². The third kappa shape index (κ3) is 4.47. The molecule has 0 aromatic heterocycles. The number of aliphatic hydroxyl groups is 1. The van der Waals surface area contributed by atoms with Crippen molar-refractivity contribution < 1.29 is 24.2 Å². The molecule has 0 saturated heterocycles. The topological polar surface area (TPSA) is 72.8 Å². The molecule has 4 aromatic carbocycles. The summed E-state index contributed by atoms with van der Waals surface area (Å²) < 4.78 is 12.8. The molecule has 1 N–H and O–H groups in total. The minimum Gasteiger partial charge on any atom is -0.429 e. The fourth-order valence-corrected chi connectivity index (χ4v) is 5.90. The Morgan fingerprint density at radius 1 is 0.690 bits per heavy atom. The Morgan fingerprint density at radius 3 is 1.48 bits per heavy atom. The van der Waals surface area contributed by atoms with E-state index in [1.807, 2.05) is 60.7 Å². The van der Waals surface area contributed by atoms with Crippen LogP contribution in [0.15, 0.2) is 97.1 Å². The van der Waals surface area contributed by atoms with Crippen molar-refractivity contribution >= 4 is 11.6 Å². The van der Waals surface area contributed by atoms with Crippen LogP contribution in [0.2, 0.25) is 0 Å². The van der Waals surface area contributed by atoms with Crippen molar-refractivity contribution in [3.8, 4) is 33.8 Å². The van der Waals surface area contributed by atoms with Gasteiger partial charge in [-0.3, -0.25) is 9.59 Å². The lowest BCUT2D eigenvalue weighted by Crippen LogP contribution is -2.43. The summed E-state index contributed by atoms with van der Waals surface area (Å²) in [6, 6.07) is 23.3. The largest absolute Gasteiger partial charge is 0.429 e. The number of carbonyl (C=O) groups is 2. The average molecular weight is 557 g/mol. The Hall–Kier alpha value is -4.74. The maximum atomic E-state index is 13.3. The van der Waals surface area contributed by atoms with Crippen LogP contribution in [-0.2, 0) is 12.8 Å². The molecule has 0 atom stereocenters. The van der Waals surface area contributed by atoms with E-state index in [1.165, 1.54) is 0 Å². The highest BCUT2D eigenvalue weighted by Gasteiger charge is 2.38. The van der Waals surface area contributed by atoms with Gasteiger partial charge in [0.1, 0.15) is 11.5 Å². The van der Waals surface area contributed by atoms with Crippen molar-refractivity contribution in [3.05, 3.63) is 130 Å². The molecule has 0 radical (unpaired) electrons. The number of allylic oxidation sites excluding steroid dienone is 2. The standard InChI is InChI=1S/C37H32O5/c1-6-37(40,41-35-29(33(38)21(2)3)17-15-27-25-13-9-7-11-23(25)19-31(27)35)42-36-30(34(39)22(4)5)18-16-28-26-14-10-8-12-24(26)20-32(28)36/h7-18,40H,2,4,6,19-20H2,1,3,5H3. The van der Waals surface area contributed by atoms with Gasteiger partial charge in [-0.05, 0) is 70.5 Å². The molecule has 4 aromatic rings. The van der Waals surface area contributed by atoms with Gasteiger partial charge >= 0.3 is 5.97 Å². The first kappa shape index (κ1) is 27.4. The van der Waals surface area contributed by atoms with Gasteiger partial charge in [-0.15, -0.1) is 0 Å². The van der Waals surface area contributed by atoms with Crippen molar-refractivity contribution in [1.29, 1.82) is 0 Å². The molecule has 2 aliphatic rings. The van der Waals surface area contributed by atoms with E-state index < -0.39 is 5.97 Å². The van der Waals surface area contributed by atoms with E-state index in [1.54, 1.807) is 32.9 Å². The summed E-state index contributed by atoms with van der Waals surface area (Å²) in [7, 11) is 0. The number of rotatable bonds is 9. The average Bonchev–Trinajstić information content (AvgIpc) is 3.56. The molecule has 0 fully saturated rings. The summed E-state index contributed by atoms with van der Waals surface area (Å²) in [5.74, 6) is -2.25. The SMILES string of the molecule is C=C(C)C(=O)c1ccc2c(c1OC(O)(CC)Oc1c(C(=O)C(=C)C)ccc3c1Cc1ccccc1-3)Cc1ccccc1-2. The number of fused-ring (bicyclic) bond motifs is 6. The van der Waals surface area contributed by atoms with Gasteiger partial charge in [0.05, 0.1) is 17.5 Å². The van der Waals surface area contributed by atoms with Gasteiger partial charge in [-0.25, -0.2) is 0 Å². The number of ether oxygens (including phenoxy) is 2. The molecule has 0 amide bonds. The summed E-state index contributed by atoms with van der Waals surface area (Å²) in [5, 5.41) is 12.0. The number of Topliss-reactive ketones (excluding diaryl/α,β-unsaturated/α-hetero) is 2. The number of ketones is 2. The number of benzene rings is 4. The molecule has 0 aliphatic heterocycles. The lowest BCUT2D eigenvalue weighted by Gasteiger charge is -2.31. The van der Waals surface area contributed by atoms with Crippen LogP contribution in [0, 0.1) is 0 Å². The molecule has 0 saturated carbocycles. The first-order valence-electron chi connectivity index (χ1n) is 14.1. The second kappa shape index (κ2) is 10.3. The highest BCUT2D eigenvalue weighted by molar-refractivity contribution is 6.11. The Kier molecular flexibility index (Phi) is 6.71. The predicted octanol–water partition coefficient (Wildman–Crippen LogP) is 7.86. The first-order chi connectivity index (χ1) is 20.1. The molecule has 0 unspecified atom stereocenters. The first-order valence-corrected chi connectivity index (χ1v) is 14.1. The second-order valence-electron chi connectivity index (χ2n) is 11.1. The Balaban J connectivity index is 1.48. The summed E-state index contributed by atoms with van der Waals surface area (Å²) in [5.41, 5.74) is 9.08. The molecule has 6 rings (SSSR count). The van der Waals surface area contributed by atoms with Gasteiger partial charge in [-0.2, -0.15) is 0 Å². The molecular formula is C37H32O5. The number of carbonyl (C=O) groups excluding carboxylic acids is 2. The second-order valence-corrected chi connectivity index (χ2v) is 11.1. The van der Waals surface area contributed by atoms with Crippen molar-refractivity contribution in [3.63, 3.8) is 0 Å². The fourth-order valence-electron chi connectivity index (χ4n) is 5.90. The predicted molar refractivity (Wildman–Crippen MR) is 164 cm³/mol. The van der Waals surface area contributed by atoms with E-state index in [0.717, 1.165) is 44.5 Å². The van der Waals surface area contributed by atoms with Crippen LogP contribution in [0.5, 0.6) is 11.5 Å². The van der Waals surface area contributed by atoms with Gasteiger partial charge in [0, 0.05) is 24.0 Å². The lowest BCUT2D eigenvalue weighted by atomic mass is 9.97. The van der Waals surface area contributed by atoms with Crippen LogP contribution in [0.1, 0.15) is 70.2 Å². The van der Waals surface area contributed by atoms with Crippen molar-refractivity contribution in [2.24, 2.45) is 0 Å². The molecule has 2 aliphatic carbocycles. The quantitative estimate of drug-likeness (QED) is 0.111. The zero-order valence-electron chi connectivity index (χ0n) is 24.0. The van der Waals surface area contributed by atoms with Gasteiger partial charge in [-0.1, -0.05) is 80.7 Å². The minimum atomic E-state index is -2.19. The highest BCUT2D eigenvalue weighted by atomic mass is 16.8. The summed E-state index contributed by atoms with van der Waals surface area (Å²) in [6.45, 7) is 12.7. The molecule has 42 heavy (non-hydrogen) atoms. The Morgan fingerprint density at radius 2 is 1.10 bits per heavy atom. The van der Waals surface area contributed by atoms with Gasteiger partial charge in [0.15, 0.2) is 11.6 Å². The molecule has 5 heteroatoms. The molecule has 0 bridgehead atoms. The van der Waals surface area contributed by atoms with Crippen LogP contribution in [0.3, 0.4) is 0 Å². The third-order valence-electron chi connectivity index (χ3n) is 8.10. The van der Waals surface area contributed by atoms with Crippen LogP contribution < -0.4 is 9.47 Å². The van der Waals surface area contributed by atoms with E-state index in [2.05, 4.69) is 13.2 Å². The smallest absolute Gasteiger partial charge is 0.368 e. The molecular weight excluding hydrogens is 524 g/mol. The van der Waals surface area contributed by atoms with Crippen molar-refractivity contribution in [2.45, 2.75) is 46.0 Å². The van der Waals surface area contributed by atoms with Gasteiger partial charge in [0.2, 0.25) is 0 Å². The van der Waals surface area contributed by atoms with E-state index in [-0.39, 0.29) is 29.5 Å². The summed E-state index contributed by atoms with van der Waals surface area (Å²) >= 11 is 0.